The van der Waals surface area contributed by atoms with Gasteiger partial charge in [-0.1, -0.05) is 26.7 Å². The Bertz CT molecular complexity index is 150. The number of carbonyl (C=O) groups excluding carboxylic acids is 1. The number of hydrogen-bond acceptors (Lipinski definition) is 2. The van der Waals surface area contributed by atoms with Gasteiger partial charge in [0.2, 0.25) is 0 Å². The van der Waals surface area contributed by atoms with Crippen molar-refractivity contribution in [1.82, 2.24) is 0 Å². The summed E-state index contributed by atoms with van der Waals surface area (Å²) in [7, 11) is 0. The maximum Gasteiger partial charge on any atom is 0.307 e. The van der Waals surface area contributed by atoms with Crippen LogP contribution in [0, 0.1) is 5.92 Å². The number of carbonyl (C=O) groups is 1. The lowest BCUT2D eigenvalue weighted by Gasteiger charge is -2.02. The molecule has 0 aliphatic carbocycles. The summed E-state index contributed by atoms with van der Waals surface area (Å²) in [5.74, 6) is 0.248. The van der Waals surface area contributed by atoms with Crippen LogP contribution in [0.5, 0.6) is 0 Å². The van der Waals surface area contributed by atoms with E-state index in [1.54, 1.807) is 0 Å². The van der Waals surface area contributed by atoms with E-state index in [4.69, 9.17) is 0 Å². The Balaban J connectivity index is 3.46. The predicted molar refractivity (Wildman–Crippen MR) is 49.6 cm³/mol. The average molecular weight is 170 g/mol. The lowest BCUT2D eigenvalue weighted by molar-refractivity contribution is -0.135. The van der Waals surface area contributed by atoms with Crippen molar-refractivity contribution in [2.45, 2.75) is 40.0 Å². The Morgan fingerprint density at radius 2 is 2.25 bits per heavy atom. The zero-order chi connectivity index (χ0) is 9.40. The highest BCUT2D eigenvalue weighted by molar-refractivity contribution is 5.66. The van der Waals surface area contributed by atoms with Gasteiger partial charge < -0.3 is 4.74 Å². The van der Waals surface area contributed by atoms with E-state index in [0.717, 1.165) is 6.42 Å². The number of rotatable bonds is 5. The molecule has 70 valence electrons. The zero-order valence-electron chi connectivity index (χ0n) is 8.17. The van der Waals surface area contributed by atoms with E-state index in [-0.39, 0.29) is 5.97 Å². The molecule has 0 aliphatic rings. The number of hydrogen-bond donors (Lipinski definition) is 0. The van der Waals surface area contributed by atoms with Gasteiger partial charge in [-0.15, -0.1) is 0 Å². The molecule has 0 heterocycles. The molecule has 0 rings (SSSR count). The van der Waals surface area contributed by atoms with E-state index in [0.29, 0.717) is 5.92 Å². The van der Waals surface area contributed by atoms with Crippen LogP contribution in [0.4, 0.5) is 0 Å². The summed E-state index contributed by atoms with van der Waals surface area (Å²) in [4.78, 5) is 10.4. The molecule has 0 aromatic rings. The fourth-order valence-corrected chi connectivity index (χ4v) is 0.892. The van der Waals surface area contributed by atoms with E-state index in [2.05, 4.69) is 18.6 Å². The smallest absolute Gasteiger partial charge is 0.307 e. The first-order chi connectivity index (χ1) is 5.66. The summed E-state index contributed by atoms with van der Waals surface area (Å²) < 4.78 is 4.67. The maximum absolute atomic E-state index is 10.4. The molecular formula is C10H18O2. The Morgan fingerprint density at radius 3 is 2.75 bits per heavy atom. The van der Waals surface area contributed by atoms with Crippen LogP contribution < -0.4 is 0 Å². The lowest BCUT2D eigenvalue weighted by atomic mass is 10.1. The highest BCUT2D eigenvalue weighted by Crippen LogP contribution is 2.08. The molecule has 0 N–H and O–H groups in total. The molecular weight excluding hydrogens is 152 g/mol. The average Bonchev–Trinajstić information content (AvgIpc) is 2.00. The quantitative estimate of drug-likeness (QED) is 0.468. The van der Waals surface area contributed by atoms with Crippen LogP contribution in [0.3, 0.4) is 0 Å². The first-order valence-corrected chi connectivity index (χ1v) is 4.50. The van der Waals surface area contributed by atoms with Gasteiger partial charge in [0.1, 0.15) is 0 Å². The van der Waals surface area contributed by atoms with Crippen LogP contribution in [-0.2, 0) is 9.53 Å². The number of unbranched alkanes of at least 4 members (excludes halogenated alkanes) is 1. The Labute approximate surface area is 74.6 Å². The van der Waals surface area contributed by atoms with E-state index in [9.17, 15) is 4.79 Å². The van der Waals surface area contributed by atoms with Crippen LogP contribution >= 0.6 is 0 Å². The van der Waals surface area contributed by atoms with Crippen LogP contribution in [-0.4, -0.2) is 5.97 Å². The topological polar surface area (TPSA) is 26.3 Å². The van der Waals surface area contributed by atoms with Crippen molar-refractivity contribution in [3.8, 4) is 0 Å². The van der Waals surface area contributed by atoms with E-state index in [1.165, 1.54) is 26.0 Å². The monoisotopic (exact) mass is 170 g/mol. The summed E-state index contributed by atoms with van der Waals surface area (Å²) >= 11 is 0. The summed E-state index contributed by atoms with van der Waals surface area (Å²) in [6.07, 6.45) is 7.02. The van der Waals surface area contributed by atoms with Crippen molar-refractivity contribution in [3.05, 3.63) is 12.3 Å². The van der Waals surface area contributed by atoms with Gasteiger partial charge in [0.25, 0.3) is 0 Å². The molecule has 0 saturated carbocycles. The van der Waals surface area contributed by atoms with Gasteiger partial charge in [0, 0.05) is 6.92 Å². The molecule has 2 heteroatoms. The summed E-state index contributed by atoms with van der Waals surface area (Å²) in [6, 6.07) is 0. The minimum Gasteiger partial charge on any atom is -0.435 e. The molecule has 0 fully saturated rings. The molecule has 0 aromatic carbocycles. The first-order valence-electron chi connectivity index (χ1n) is 4.50. The molecule has 0 spiro atoms. The second-order valence-corrected chi connectivity index (χ2v) is 3.06. The Kier molecular flexibility index (Phi) is 6.44. The van der Waals surface area contributed by atoms with Gasteiger partial charge in [0.05, 0.1) is 6.26 Å². The molecule has 1 atom stereocenters. The number of allylic oxidation sites excluding steroid dienone is 1. The van der Waals surface area contributed by atoms with Crippen LogP contribution in [0.2, 0.25) is 0 Å². The molecule has 12 heavy (non-hydrogen) atoms. The number of esters is 1. The van der Waals surface area contributed by atoms with Gasteiger partial charge >= 0.3 is 5.97 Å². The molecule has 0 radical (unpaired) electrons. The Morgan fingerprint density at radius 1 is 1.58 bits per heavy atom. The Hall–Kier alpha value is -0.790. The summed E-state index contributed by atoms with van der Waals surface area (Å²) in [6.45, 7) is 5.69. The van der Waals surface area contributed by atoms with Crippen molar-refractivity contribution in [2.75, 3.05) is 0 Å². The van der Waals surface area contributed by atoms with Crippen molar-refractivity contribution in [2.24, 2.45) is 5.92 Å². The standard InChI is InChI=1S/C10H18O2/c1-4-5-6-9(2)7-8-12-10(3)11/h7-9H,4-6H2,1-3H3/b8-7+. The van der Waals surface area contributed by atoms with Gasteiger partial charge in [0.15, 0.2) is 0 Å². The third-order valence-electron chi connectivity index (χ3n) is 1.65. The highest BCUT2D eigenvalue weighted by atomic mass is 16.5. The molecule has 0 saturated heterocycles. The number of ether oxygens (including phenoxy) is 1. The second kappa shape index (κ2) is 6.89. The van der Waals surface area contributed by atoms with Gasteiger partial charge in [-0.05, 0) is 18.4 Å². The maximum atomic E-state index is 10.4. The molecule has 0 amide bonds. The van der Waals surface area contributed by atoms with Gasteiger partial charge in [-0.25, -0.2) is 0 Å². The minimum absolute atomic E-state index is 0.256. The lowest BCUT2D eigenvalue weighted by Crippen LogP contribution is -1.93. The van der Waals surface area contributed by atoms with E-state index >= 15 is 0 Å². The van der Waals surface area contributed by atoms with Crippen molar-refractivity contribution in [1.29, 1.82) is 0 Å². The van der Waals surface area contributed by atoms with E-state index in [1.807, 2.05) is 6.08 Å². The third kappa shape index (κ3) is 7.32. The van der Waals surface area contributed by atoms with E-state index < -0.39 is 0 Å². The fourth-order valence-electron chi connectivity index (χ4n) is 0.892. The minimum atomic E-state index is -0.256. The van der Waals surface area contributed by atoms with Crippen molar-refractivity contribution < 1.29 is 9.53 Å². The van der Waals surface area contributed by atoms with Crippen LogP contribution in [0.25, 0.3) is 0 Å². The fraction of sp³-hybridized carbons (Fsp3) is 0.700. The molecule has 1 unspecified atom stereocenters. The molecule has 2 nitrogen and oxygen atoms in total. The summed E-state index contributed by atoms with van der Waals surface area (Å²) in [5.41, 5.74) is 0. The molecule has 0 aliphatic heterocycles. The SMILES string of the molecule is CCCCC(C)/C=C/OC(C)=O. The largest absolute Gasteiger partial charge is 0.435 e. The van der Waals surface area contributed by atoms with Gasteiger partial charge in [-0.3, -0.25) is 4.79 Å². The highest BCUT2D eigenvalue weighted by Gasteiger charge is 1.95. The molecule has 0 aromatic heterocycles. The second-order valence-electron chi connectivity index (χ2n) is 3.06. The zero-order valence-corrected chi connectivity index (χ0v) is 8.17. The van der Waals surface area contributed by atoms with Crippen molar-refractivity contribution in [3.63, 3.8) is 0 Å². The first kappa shape index (κ1) is 11.2. The normalized spacial score (nSPS) is 13.2. The predicted octanol–water partition coefficient (Wildman–Crippen LogP) is 2.89. The molecule has 0 bridgehead atoms. The van der Waals surface area contributed by atoms with Gasteiger partial charge in [-0.2, -0.15) is 0 Å². The summed E-state index contributed by atoms with van der Waals surface area (Å²) in [5, 5.41) is 0. The third-order valence-corrected chi connectivity index (χ3v) is 1.65. The van der Waals surface area contributed by atoms with Crippen LogP contribution in [0.1, 0.15) is 40.0 Å². The van der Waals surface area contributed by atoms with Crippen molar-refractivity contribution >= 4 is 5.97 Å². The van der Waals surface area contributed by atoms with Crippen LogP contribution in [0.15, 0.2) is 12.3 Å².